The number of hydrogen-bond donors (Lipinski definition) is 1. The van der Waals surface area contributed by atoms with Gasteiger partial charge in [0.25, 0.3) is 0 Å². The van der Waals surface area contributed by atoms with Crippen LogP contribution >= 0.6 is 23.4 Å². The molecule has 0 unspecified atom stereocenters. The molecule has 5 aromatic rings. The highest BCUT2D eigenvalue weighted by Crippen LogP contribution is 2.50. The summed E-state index contributed by atoms with van der Waals surface area (Å²) in [6, 6.07) is 23.6. The summed E-state index contributed by atoms with van der Waals surface area (Å²) in [6.07, 6.45) is 0. The van der Waals surface area contributed by atoms with E-state index in [1.807, 2.05) is 17.8 Å². The summed E-state index contributed by atoms with van der Waals surface area (Å²) < 4.78 is 0. The van der Waals surface area contributed by atoms with Crippen LogP contribution in [0, 0.1) is 0 Å². The van der Waals surface area contributed by atoms with Crippen LogP contribution in [0.2, 0.25) is 5.02 Å². The number of rotatable bonds is 0. The first-order chi connectivity index (χ1) is 12.3. The summed E-state index contributed by atoms with van der Waals surface area (Å²) in [4.78, 5) is 6.16. The second-order valence-electron chi connectivity index (χ2n) is 6.44. The number of hydrogen-bond acceptors (Lipinski definition) is 1. The number of nitrogens with one attached hydrogen (secondary N) is 1. The van der Waals surface area contributed by atoms with Crippen molar-refractivity contribution in [3.05, 3.63) is 71.8 Å². The smallest absolute Gasteiger partial charge is 0.0482 e. The molecule has 1 aliphatic rings. The molecule has 0 saturated carbocycles. The van der Waals surface area contributed by atoms with Crippen molar-refractivity contribution in [2.24, 2.45) is 0 Å². The van der Waals surface area contributed by atoms with Crippen molar-refractivity contribution in [2.45, 2.75) is 9.79 Å². The third-order valence-corrected chi connectivity index (χ3v) is 6.40. The minimum absolute atomic E-state index is 0.785. The lowest BCUT2D eigenvalue weighted by Crippen LogP contribution is -1.93. The average molecular weight is 358 g/mol. The minimum Gasteiger partial charge on any atom is -0.354 e. The molecule has 0 atom stereocenters. The molecule has 1 nitrogen and oxygen atoms in total. The quantitative estimate of drug-likeness (QED) is 0.302. The molecule has 1 N–H and O–H groups in total. The second kappa shape index (κ2) is 4.81. The summed E-state index contributed by atoms with van der Waals surface area (Å²) in [5.74, 6) is 0. The molecular weight excluding hydrogens is 346 g/mol. The van der Waals surface area contributed by atoms with Crippen molar-refractivity contribution in [3.63, 3.8) is 0 Å². The molecule has 0 spiro atoms. The van der Waals surface area contributed by atoms with Gasteiger partial charge in [0.05, 0.1) is 0 Å². The maximum atomic E-state index is 6.28. The Balaban J connectivity index is 1.86. The fourth-order valence-electron chi connectivity index (χ4n) is 4.02. The maximum absolute atomic E-state index is 6.28. The van der Waals surface area contributed by atoms with Crippen LogP contribution in [-0.4, -0.2) is 4.98 Å². The summed E-state index contributed by atoms with van der Waals surface area (Å²) in [5, 5.41) is 6.01. The van der Waals surface area contributed by atoms with Crippen LogP contribution in [0.5, 0.6) is 0 Å². The molecule has 0 aliphatic carbocycles. The zero-order valence-electron chi connectivity index (χ0n) is 13.1. The molecule has 6 rings (SSSR count). The van der Waals surface area contributed by atoms with Crippen LogP contribution in [0.1, 0.15) is 0 Å². The van der Waals surface area contributed by atoms with Gasteiger partial charge >= 0.3 is 0 Å². The third kappa shape index (κ3) is 1.81. The number of fused-ring (bicyclic) bond motifs is 6. The van der Waals surface area contributed by atoms with Gasteiger partial charge in [-0.25, -0.2) is 0 Å². The Kier molecular flexibility index (Phi) is 2.66. The summed E-state index contributed by atoms with van der Waals surface area (Å²) in [6.45, 7) is 0. The van der Waals surface area contributed by atoms with E-state index in [9.17, 15) is 0 Å². The van der Waals surface area contributed by atoms with Crippen molar-refractivity contribution >= 4 is 55.9 Å². The monoisotopic (exact) mass is 357 g/mol. The second-order valence-corrected chi connectivity index (χ2v) is 7.96. The molecule has 0 radical (unpaired) electrons. The third-order valence-electron chi connectivity index (χ3n) is 5.04. The van der Waals surface area contributed by atoms with E-state index in [4.69, 9.17) is 11.6 Å². The van der Waals surface area contributed by atoms with Crippen LogP contribution in [0.3, 0.4) is 0 Å². The summed E-state index contributed by atoms with van der Waals surface area (Å²) >= 11 is 8.11. The highest BCUT2D eigenvalue weighted by Gasteiger charge is 2.22. The Morgan fingerprint density at radius 3 is 2.52 bits per heavy atom. The van der Waals surface area contributed by atoms with Gasteiger partial charge in [0, 0.05) is 42.0 Å². The molecule has 0 amide bonds. The molecule has 25 heavy (non-hydrogen) atoms. The molecule has 1 aliphatic heterocycles. The van der Waals surface area contributed by atoms with Crippen molar-refractivity contribution in [1.82, 2.24) is 4.98 Å². The average Bonchev–Trinajstić information content (AvgIpc) is 3.01. The molecule has 0 saturated heterocycles. The number of aromatic nitrogens is 1. The Labute approximate surface area is 153 Å². The van der Waals surface area contributed by atoms with E-state index >= 15 is 0 Å². The Bertz CT molecular complexity index is 1330. The largest absolute Gasteiger partial charge is 0.354 e. The Hall–Kier alpha value is -2.42. The van der Waals surface area contributed by atoms with E-state index in [1.165, 1.54) is 53.5 Å². The molecule has 1 aromatic heterocycles. The van der Waals surface area contributed by atoms with Crippen LogP contribution < -0.4 is 0 Å². The van der Waals surface area contributed by atoms with Crippen LogP contribution in [-0.2, 0) is 0 Å². The van der Waals surface area contributed by atoms with Crippen molar-refractivity contribution < 1.29 is 0 Å². The predicted molar refractivity (Wildman–Crippen MR) is 108 cm³/mol. The Morgan fingerprint density at radius 2 is 1.56 bits per heavy atom. The molecular formula is C22H12ClNS. The zero-order chi connectivity index (χ0) is 16.5. The van der Waals surface area contributed by atoms with Crippen molar-refractivity contribution in [1.29, 1.82) is 0 Å². The first kappa shape index (κ1) is 13.8. The fraction of sp³-hybridized carbons (Fsp3) is 0. The number of H-pyrrole nitrogens is 1. The van der Waals surface area contributed by atoms with Gasteiger partial charge in [-0.15, -0.1) is 0 Å². The molecule has 0 bridgehead atoms. The molecule has 3 heteroatoms. The van der Waals surface area contributed by atoms with Gasteiger partial charge in [-0.1, -0.05) is 59.8 Å². The van der Waals surface area contributed by atoms with Crippen LogP contribution in [0.15, 0.2) is 76.5 Å². The highest BCUT2D eigenvalue weighted by atomic mass is 35.5. The zero-order valence-corrected chi connectivity index (χ0v) is 14.7. The van der Waals surface area contributed by atoms with Crippen LogP contribution in [0.4, 0.5) is 0 Å². The number of benzene rings is 4. The van der Waals surface area contributed by atoms with Gasteiger partial charge in [-0.05, 0) is 46.8 Å². The highest BCUT2D eigenvalue weighted by molar-refractivity contribution is 7.99. The minimum atomic E-state index is 0.785. The molecule has 118 valence electrons. The van der Waals surface area contributed by atoms with E-state index in [0.29, 0.717) is 0 Å². The van der Waals surface area contributed by atoms with Crippen LogP contribution in [0.25, 0.3) is 43.7 Å². The normalized spacial score (nSPS) is 12.8. The van der Waals surface area contributed by atoms with Gasteiger partial charge < -0.3 is 4.98 Å². The van der Waals surface area contributed by atoms with Gasteiger partial charge in [-0.2, -0.15) is 0 Å². The summed E-state index contributed by atoms with van der Waals surface area (Å²) in [5.41, 5.74) is 4.89. The van der Waals surface area contributed by atoms with E-state index in [1.54, 1.807) is 0 Å². The molecule has 4 aromatic carbocycles. The first-order valence-corrected chi connectivity index (χ1v) is 9.43. The lowest BCUT2D eigenvalue weighted by Gasteiger charge is -2.21. The maximum Gasteiger partial charge on any atom is 0.0482 e. The van der Waals surface area contributed by atoms with Gasteiger partial charge in [0.15, 0.2) is 0 Å². The van der Waals surface area contributed by atoms with Gasteiger partial charge in [0.2, 0.25) is 0 Å². The standard InChI is InChI=1S/C22H12ClNS/c23-12-8-9-19-16(10-12)13-5-3-6-15-21-14-4-1-2-7-17(14)24-18(21)11-20(25-19)22(13)15/h1-11,24H. The van der Waals surface area contributed by atoms with Crippen molar-refractivity contribution in [3.8, 4) is 11.1 Å². The molecule has 2 heterocycles. The van der Waals surface area contributed by atoms with E-state index in [2.05, 4.69) is 65.6 Å². The number of aromatic amines is 1. The fourth-order valence-corrected chi connectivity index (χ4v) is 5.34. The van der Waals surface area contributed by atoms with E-state index in [-0.39, 0.29) is 0 Å². The number of para-hydroxylation sites is 1. The topological polar surface area (TPSA) is 15.8 Å². The lowest BCUT2D eigenvalue weighted by molar-refractivity contribution is 1.40. The number of halogens is 1. The van der Waals surface area contributed by atoms with E-state index < -0.39 is 0 Å². The van der Waals surface area contributed by atoms with Gasteiger partial charge in [-0.3, -0.25) is 0 Å². The molecule has 0 fully saturated rings. The predicted octanol–water partition coefficient (Wildman–Crippen LogP) is 7.26. The van der Waals surface area contributed by atoms with Gasteiger partial charge in [0.1, 0.15) is 0 Å². The first-order valence-electron chi connectivity index (χ1n) is 8.23. The van der Waals surface area contributed by atoms with E-state index in [0.717, 1.165) is 5.02 Å². The Morgan fingerprint density at radius 1 is 0.680 bits per heavy atom. The lowest BCUT2D eigenvalue weighted by atomic mass is 9.95. The SMILES string of the molecule is Clc1ccc2c(c1)-c1cccc3c1c(cc1[nH]c4ccccc4c13)S2. The van der Waals surface area contributed by atoms with Crippen molar-refractivity contribution in [2.75, 3.05) is 0 Å². The summed E-state index contributed by atoms with van der Waals surface area (Å²) in [7, 11) is 0.